The van der Waals surface area contributed by atoms with Crippen LogP contribution in [-0.4, -0.2) is 11.9 Å². The van der Waals surface area contributed by atoms with Crippen molar-refractivity contribution in [2.75, 3.05) is 5.32 Å². The molecule has 0 atom stereocenters. The first-order valence-corrected chi connectivity index (χ1v) is 6.22. The van der Waals surface area contributed by atoms with Crippen LogP contribution < -0.4 is 10.1 Å². The van der Waals surface area contributed by atoms with Crippen molar-refractivity contribution in [2.24, 2.45) is 0 Å². The highest BCUT2D eigenvalue weighted by Crippen LogP contribution is 2.18. The molecule has 4 heteroatoms. The van der Waals surface area contributed by atoms with Gasteiger partial charge in [-0.3, -0.25) is 4.79 Å². The normalized spacial score (nSPS) is 9.90. The third-order valence-electron chi connectivity index (χ3n) is 2.73. The maximum absolute atomic E-state index is 12.0. The number of hydrogen-bond acceptors (Lipinski definition) is 3. The van der Waals surface area contributed by atoms with E-state index in [-0.39, 0.29) is 5.91 Å². The molecular formula is C16H15NO3. The maximum atomic E-state index is 12.0. The monoisotopic (exact) mass is 269 g/mol. The lowest BCUT2D eigenvalue weighted by Gasteiger charge is -2.09. The number of rotatable bonds is 3. The van der Waals surface area contributed by atoms with Crippen LogP contribution in [0.1, 0.15) is 22.8 Å². The van der Waals surface area contributed by atoms with Gasteiger partial charge in [-0.25, -0.2) is 4.79 Å². The van der Waals surface area contributed by atoms with Gasteiger partial charge in [0.15, 0.2) is 0 Å². The lowest BCUT2D eigenvalue weighted by Crippen LogP contribution is -2.11. The summed E-state index contributed by atoms with van der Waals surface area (Å²) in [5.41, 5.74) is 1.94. The molecule has 0 fully saturated rings. The highest BCUT2D eigenvalue weighted by atomic mass is 16.5. The van der Waals surface area contributed by atoms with Crippen LogP contribution in [0, 0.1) is 6.92 Å². The van der Waals surface area contributed by atoms with E-state index >= 15 is 0 Å². The Morgan fingerprint density at radius 2 is 1.75 bits per heavy atom. The van der Waals surface area contributed by atoms with Gasteiger partial charge < -0.3 is 10.1 Å². The summed E-state index contributed by atoms with van der Waals surface area (Å²) in [6, 6.07) is 13.9. The van der Waals surface area contributed by atoms with E-state index in [4.69, 9.17) is 4.74 Å². The van der Waals surface area contributed by atoms with Gasteiger partial charge in [0.25, 0.3) is 0 Å². The first-order chi connectivity index (χ1) is 9.56. The molecule has 0 bridgehead atoms. The maximum Gasteiger partial charge on any atom is 0.343 e. The first kappa shape index (κ1) is 13.8. The number of esters is 1. The summed E-state index contributed by atoms with van der Waals surface area (Å²) in [7, 11) is 0. The van der Waals surface area contributed by atoms with Crippen molar-refractivity contribution in [1.29, 1.82) is 0 Å². The molecule has 0 radical (unpaired) electrons. The molecule has 0 aliphatic rings. The quantitative estimate of drug-likeness (QED) is 0.687. The van der Waals surface area contributed by atoms with E-state index in [1.165, 1.54) is 6.92 Å². The van der Waals surface area contributed by atoms with Crippen LogP contribution in [0.15, 0.2) is 48.5 Å². The minimum absolute atomic E-state index is 0.146. The third kappa shape index (κ3) is 3.45. The summed E-state index contributed by atoms with van der Waals surface area (Å²) in [5, 5.41) is 2.70. The highest BCUT2D eigenvalue weighted by molar-refractivity contribution is 5.94. The predicted octanol–water partition coefficient (Wildman–Crippen LogP) is 3.17. The van der Waals surface area contributed by atoms with Gasteiger partial charge in [-0.1, -0.05) is 18.2 Å². The summed E-state index contributed by atoms with van der Waals surface area (Å²) < 4.78 is 5.25. The van der Waals surface area contributed by atoms with Crippen molar-refractivity contribution in [1.82, 2.24) is 0 Å². The molecule has 1 N–H and O–H groups in total. The fourth-order valence-electron chi connectivity index (χ4n) is 1.78. The van der Waals surface area contributed by atoms with Crippen molar-refractivity contribution >= 4 is 17.6 Å². The average Bonchev–Trinajstić information content (AvgIpc) is 2.41. The van der Waals surface area contributed by atoms with Crippen molar-refractivity contribution in [3.05, 3.63) is 59.7 Å². The second-order valence-corrected chi connectivity index (χ2v) is 4.41. The van der Waals surface area contributed by atoms with Gasteiger partial charge in [-0.2, -0.15) is 0 Å². The number of hydrogen-bond donors (Lipinski definition) is 1. The zero-order valence-electron chi connectivity index (χ0n) is 11.3. The SMILES string of the molecule is CC(=O)Nc1ccc(C(=O)Oc2ccccc2)cc1C. The van der Waals surface area contributed by atoms with Crippen LogP contribution in [0.25, 0.3) is 0 Å². The van der Waals surface area contributed by atoms with Crippen LogP contribution >= 0.6 is 0 Å². The van der Waals surface area contributed by atoms with Crippen LogP contribution in [0.2, 0.25) is 0 Å². The number of aryl methyl sites for hydroxylation is 1. The molecule has 2 aromatic rings. The van der Waals surface area contributed by atoms with E-state index in [1.807, 2.05) is 13.0 Å². The number of para-hydroxylation sites is 1. The molecule has 0 saturated heterocycles. The molecule has 20 heavy (non-hydrogen) atoms. The largest absolute Gasteiger partial charge is 0.423 e. The Labute approximate surface area is 117 Å². The summed E-state index contributed by atoms with van der Waals surface area (Å²) >= 11 is 0. The molecule has 0 saturated carbocycles. The second-order valence-electron chi connectivity index (χ2n) is 4.41. The summed E-state index contributed by atoms with van der Waals surface area (Å²) in [4.78, 5) is 23.0. The van der Waals surface area contributed by atoms with Crippen molar-refractivity contribution in [3.8, 4) is 5.75 Å². The Morgan fingerprint density at radius 3 is 2.35 bits per heavy atom. The molecule has 1 amide bonds. The van der Waals surface area contributed by atoms with Crippen LogP contribution in [0.3, 0.4) is 0 Å². The van der Waals surface area contributed by atoms with E-state index in [9.17, 15) is 9.59 Å². The molecule has 2 aromatic carbocycles. The van der Waals surface area contributed by atoms with Gasteiger partial charge in [0.1, 0.15) is 5.75 Å². The van der Waals surface area contributed by atoms with Crippen molar-refractivity contribution < 1.29 is 14.3 Å². The Kier molecular flexibility index (Phi) is 4.15. The standard InChI is InChI=1S/C16H15NO3/c1-11-10-13(8-9-15(11)17-12(2)18)16(19)20-14-6-4-3-5-7-14/h3-10H,1-2H3,(H,17,18). The second kappa shape index (κ2) is 6.02. The Morgan fingerprint density at radius 1 is 1.05 bits per heavy atom. The molecular weight excluding hydrogens is 254 g/mol. The number of amides is 1. The van der Waals surface area contributed by atoms with Crippen molar-refractivity contribution in [2.45, 2.75) is 13.8 Å². The van der Waals surface area contributed by atoms with Gasteiger partial charge >= 0.3 is 5.97 Å². The van der Waals surface area contributed by atoms with E-state index in [2.05, 4.69) is 5.32 Å². The van der Waals surface area contributed by atoms with Gasteiger partial charge in [0.05, 0.1) is 5.56 Å². The molecule has 0 heterocycles. The Bertz CT molecular complexity index is 635. The van der Waals surface area contributed by atoms with Gasteiger partial charge in [-0.05, 0) is 42.8 Å². The van der Waals surface area contributed by atoms with Gasteiger partial charge in [-0.15, -0.1) is 0 Å². The van der Waals surface area contributed by atoms with Crippen LogP contribution in [0.5, 0.6) is 5.75 Å². The molecule has 0 aliphatic heterocycles. The minimum atomic E-state index is -0.423. The highest BCUT2D eigenvalue weighted by Gasteiger charge is 2.10. The number of nitrogens with one attached hydrogen (secondary N) is 1. The minimum Gasteiger partial charge on any atom is -0.423 e. The first-order valence-electron chi connectivity index (χ1n) is 6.22. The molecule has 0 unspecified atom stereocenters. The molecule has 2 rings (SSSR count). The van der Waals surface area contributed by atoms with E-state index in [0.29, 0.717) is 17.0 Å². The molecule has 4 nitrogen and oxygen atoms in total. The van der Waals surface area contributed by atoms with Crippen LogP contribution in [-0.2, 0) is 4.79 Å². The lowest BCUT2D eigenvalue weighted by molar-refractivity contribution is -0.114. The summed E-state index contributed by atoms with van der Waals surface area (Å²) in [5.74, 6) is -0.0672. The third-order valence-corrected chi connectivity index (χ3v) is 2.73. The van der Waals surface area contributed by atoms with E-state index in [0.717, 1.165) is 5.56 Å². The molecule has 0 spiro atoms. The topological polar surface area (TPSA) is 55.4 Å². The van der Waals surface area contributed by atoms with Gasteiger partial charge in [0.2, 0.25) is 5.91 Å². The number of benzene rings is 2. The molecule has 0 aromatic heterocycles. The number of carbonyl (C=O) groups is 2. The average molecular weight is 269 g/mol. The molecule has 0 aliphatic carbocycles. The summed E-state index contributed by atoms with van der Waals surface area (Å²) in [6.45, 7) is 3.27. The van der Waals surface area contributed by atoms with Gasteiger partial charge in [0, 0.05) is 12.6 Å². The fraction of sp³-hybridized carbons (Fsp3) is 0.125. The fourth-order valence-corrected chi connectivity index (χ4v) is 1.78. The lowest BCUT2D eigenvalue weighted by atomic mass is 10.1. The zero-order chi connectivity index (χ0) is 14.5. The Hall–Kier alpha value is -2.62. The van der Waals surface area contributed by atoms with E-state index < -0.39 is 5.97 Å². The predicted molar refractivity (Wildman–Crippen MR) is 76.9 cm³/mol. The number of ether oxygens (including phenoxy) is 1. The smallest absolute Gasteiger partial charge is 0.343 e. The van der Waals surface area contributed by atoms with E-state index in [1.54, 1.807) is 42.5 Å². The zero-order valence-corrected chi connectivity index (χ0v) is 11.3. The van der Waals surface area contributed by atoms with Crippen molar-refractivity contribution in [3.63, 3.8) is 0 Å². The number of carbonyl (C=O) groups excluding carboxylic acids is 2. The van der Waals surface area contributed by atoms with Crippen LogP contribution in [0.4, 0.5) is 5.69 Å². The Balaban J connectivity index is 2.15. The summed E-state index contributed by atoms with van der Waals surface area (Å²) in [6.07, 6.45) is 0. The number of anilines is 1. The molecule has 102 valence electrons.